The zero-order chi connectivity index (χ0) is 20.2. The number of benzene rings is 2. The van der Waals surface area contributed by atoms with E-state index in [2.05, 4.69) is 5.32 Å². The number of rotatable bonds is 6. The van der Waals surface area contributed by atoms with Gasteiger partial charge in [-0.3, -0.25) is 9.10 Å². The molecule has 0 bridgehead atoms. The van der Waals surface area contributed by atoms with E-state index in [9.17, 15) is 17.6 Å². The molecule has 2 rings (SSSR count). The Morgan fingerprint density at radius 2 is 1.67 bits per heavy atom. The van der Waals surface area contributed by atoms with E-state index in [1.807, 2.05) is 32.9 Å². The largest absolute Gasteiger partial charge is 0.350 e. The predicted molar refractivity (Wildman–Crippen MR) is 106 cm³/mol. The molecule has 0 atom stereocenters. The van der Waals surface area contributed by atoms with Crippen LogP contribution in [0.3, 0.4) is 0 Å². The van der Waals surface area contributed by atoms with Crippen LogP contribution in [0.1, 0.15) is 31.9 Å². The Bertz CT molecular complexity index is 921. The van der Waals surface area contributed by atoms with E-state index in [1.54, 1.807) is 30.3 Å². The van der Waals surface area contributed by atoms with Crippen LogP contribution in [0.2, 0.25) is 0 Å². The van der Waals surface area contributed by atoms with Crippen molar-refractivity contribution in [1.82, 2.24) is 5.32 Å². The number of carbonyl (C=O) groups is 1. The third-order valence-corrected chi connectivity index (χ3v) is 5.23. The second kappa shape index (κ2) is 8.08. The molecule has 0 saturated carbocycles. The van der Waals surface area contributed by atoms with Gasteiger partial charge in [-0.2, -0.15) is 0 Å². The summed E-state index contributed by atoms with van der Waals surface area (Å²) in [5.41, 5.74) is 1.32. The molecule has 5 nitrogen and oxygen atoms in total. The fourth-order valence-electron chi connectivity index (χ4n) is 2.73. The molecular weight excluding hydrogens is 367 g/mol. The summed E-state index contributed by atoms with van der Waals surface area (Å²) < 4.78 is 39.5. The standard InChI is InChI=1S/C20H25FN2O3S/c1-20(2,3)16-10-6-8-12-18(16)23(27(4,25)26)14-19(24)22-13-15-9-5-7-11-17(15)21/h5-12H,13-14H2,1-4H3,(H,22,24). The SMILES string of the molecule is CC(C)(C)c1ccccc1N(CC(=O)NCc1ccccc1F)S(C)(=O)=O. The highest BCUT2D eigenvalue weighted by atomic mass is 32.2. The van der Waals surface area contributed by atoms with E-state index in [4.69, 9.17) is 0 Å². The van der Waals surface area contributed by atoms with E-state index in [-0.39, 0.29) is 18.5 Å². The normalized spacial score (nSPS) is 11.9. The number of amides is 1. The Morgan fingerprint density at radius 1 is 1.07 bits per heavy atom. The third-order valence-electron chi connectivity index (χ3n) is 4.10. The maximum Gasteiger partial charge on any atom is 0.241 e. The molecule has 0 saturated heterocycles. The molecule has 0 fully saturated rings. The lowest BCUT2D eigenvalue weighted by molar-refractivity contribution is -0.119. The van der Waals surface area contributed by atoms with Crippen LogP contribution in [0.15, 0.2) is 48.5 Å². The molecule has 27 heavy (non-hydrogen) atoms. The Morgan fingerprint density at radius 3 is 2.26 bits per heavy atom. The highest BCUT2D eigenvalue weighted by molar-refractivity contribution is 7.92. The first-order valence-corrected chi connectivity index (χ1v) is 10.4. The Balaban J connectivity index is 2.24. The lowest BCUT2D eigenvalue weighted by atomic mass is 9.86. The van der Waals surface area contributed by atoms with E-state index in [1.165, 1.54) is 6.07 Å². The van der Waals surface area contributed by atoms with Gasteiger partial charge >= 0.3 is 0 Å². The van der Waals surface area contributed by atoms with Crippen molar-refractivity contribution in [3.8, 4) is 0 Å². The average molecular weight is 392 g/mol. The fourth-order valence-corrected chi connectivity index (χ4v) is 3.60. The summed E-state index contributed by atoms with van der Waals surface area (Å²) in [7, 11) is -3.69. The van der Waals surface area contributed by atoms with E-state index in [0.717, 1.165) is 16.1 Å². The molecule has 146 valence electrons. The van der Waals surface area contributed by atoms with Crippen LogP contribution >= 0.6 is 0 Å². The van der Waals surface area contributed by atoms with E-state index in [0.29, 0.717) is 11.3 Å². The molecule has 0 aromatic heterocycles. The number of para-hydroxylation sites is 1. The van der Waals surface area contributed by atoms with Crippen molar-refractivity contribution in [2.24, 2.45) is 0 Å². The quantitative estimate of drug-likeness (QED) is 0.821. The molecule has 2 aromatic rings. The van der Waals surface area contributed by atoms with E-state index < -0.39 is 21.7 Å². The van der Waals surface area contributed by atoms with Gasteiger partial charge in [0.1, 0.15) is 12.4 Å². The topological polar surface area (TPSA) is 66.5 Å². The Labute approximate surface area is 160 Å². The van der Waals surface area contributed by atoms with Crippen LogP contribution in [-0.2, 0) is 26.8 Å². The highest BCUT2D eigenvalue weighted by Gasteiger charge is 2.27. The summed E-state index contributed by atoms with van der Waals surface area (Å²) in [6, 6.07) is 13.2. The summed E-state index contributed by atoms with van der Waals surface area (Å²) in [5.74, 6) is -0.928. The molecule has 1 amide bonds. The zero-order valence-electron chi connectivity index (χ0n) is 16.0. The third kappa shape index (κ3) is 5.53. The number of sulfonamides is 1. The van der Waals surface area contributed by atoms with Gasteiger partial charge in [0.2, 0.25) is 15.9 Å². The fraction of sp³-hybridized carbons (Fsp3) is 0.350. The van der Waals surface area contributed by atoms with Gasteiger partial charge in [0.05, 0.1) is 11.9 Å². The van der Waals surface area contributed by atoms with Crippen molar-refractivity contribution in [3.05, 3.63) is 65.5 Å². The minimum absolute atomic E-state index is 0.00989. The first-order valence-electron chi connectivity index (χ1n) is 8.57. The lowest BCUT2D eigenvalue weighted by Gasteiger charge is -2.29. The smallest absolute Gasteiger partial charge is 0.241 e. The first-order chi connectivity index (χ1) is 12.5. The summed E-state index contributed by atoms with van der Waals surface area (Å²) in [6.45, 7) is 5.55. The van der Waals surface area contributed by atoms with Crippen LogP contribution in [-0.4, -0.2) is 27.1 Å². The van der Waals surface area contributed by atoms with Gasteiger partial charge in [0, 0.05) is 12.1 Å². The van der Waals surface area contributed by atoms with Crippen molar-refractivity contribution in [2.45, 2.75) is 32.7 Å². The van der Waals surface area contributed by atoms with E-state index >= 15 is 0 Å². The molecule has 0 aliphatic heterocycles. The van der Waals surface area contributed by atoms with Gasteiger partial charge in [-0.05, 0) is 23.1 Å². The Kier molecular flexibility index (Phi) is 6.26. The van der Waals surface area contributed by atoms with Crippen LogP contribution in [0.5, 0.6) is 0 Å². The van der Waals surface area contributed by atoms with Gasteiger partial charge in [-0.1, -0.05) is 57.2 Å². The molecule has 7 heteroatoms. The minimum atomic E-state index is -3.69. The molecular formula is C20H25FN2O3S. The van der Waals surface area contributed by atoms with Crippen molar-refractivity contribution in [1.29, 1.82) is 0 Å². The van der Waals surface area contributed by atoms with Gasteiger partial charge in [-0.25, -0.2) is 12.8 Å². The summed E-state index contributed by atoms with van der Waals surface area (Å²) >= 11 is 0. The number of anilines is 1. The highest BCUT2D eigenvalue weighted by Crippen LogP contribution is 2.32. The lowest BCUT2D eigenvalue weighted by Crippen LogP contribution is -2.41. The number of nitrogens with one attached hydrogen (secondary N) is 1. The molecule has 2 aromatic carbocycles. The van der Waals surface area contributed by atoms with Crippen LogP contribution in [0, 0.1) is 5.82 Å². The van der Waals surface area contributed by atoms with Gasteiger partial charge < -0.3 is 5.32 Å². The molecule has 0 heterocycles. The number of carbonyl (C=O) groups excluding carboxylic acids is 1. The van der Waals surface area contributed by atoms with Gasteiger partial charge in [-0.15, -0.1) is 0 Å². The number of hydrogen-bond acceptors (Lipinski definition) is 3. The second-order valence-electron chi connectivity index (χ2n) is 7.40. The maximum atomic E-state index is 13.7. The molecule has 1 N–H and O–H groups in total. The summed E-state index contributed by atoms with van der Waals surface area (Å²) in [5, 5.41) is 2.59. The van der Waals surface area contributed by atoms with Crippen molar-refractivity contribution in [2.75, 3.05) is 17.1 Å². The molecule has 0 unspecified atom stereocenters. The molecule has 0 aliphatic carbocycles. The van der Waals surface area contributed by atoms with Crippen molar-refractivity contribution < 1.29 is 17.6 Å². The number of nitrogens with zero attached hydrogens (tertiary/aromatic N) is 1. The van der Waals surface area contributed by atoms with Gasteiger partial charge in [0.15, 0.2) is 0 Å². The molecule has 0 aliphatic rings. The predicted octanol–water partition coefficient (Wildman–Crippen LogP) is 3.21. The second-order valence-corrected chi connectivity index (χ2v) is 9.31. The molecule has 0 spiro atoms. The minimum Gasteiger partial charge on any atom is -0.350 e. The average Bonchev–Trinajstić information content (AvgIpc) is 2.57. The Hall–Kier alpha value is -2.41. The zero-order valence-corrected chi connectivity index (χ0v) is 16.8. The van der Waals surface area contributed by atoms with Crippen molar-refractivity contribution in [3.63, 3.8) is 0 Å². The first kappa shape index (κ1) is 20.9. The number of hydrogen-bond donors (Lipinski definition) is 1. The molecule has 0 radical (unpaired) electrons. The summed E-state index contributed by atoms with van der Waals surface area (Å²) in [4.78, 5) is 12.4. The van der Waals surface area contributed by atoms with Crippen LogP contribution in [0.4, 0.5) is 10.1 Å². The maximum absolute atomic E-state index is 13.7. The summed E-state index contributed by atoms with van der Waals surface area (Å²) in [6.07, 6.45) is 1.07. The van der Waals surface area contributed by atoms with Crippen LogP contribution in [0.25, 0.3) is 0 Å². The van der Waals surface area contributed by atoms with Crippen LogP contribution < -0.4 is 9.62 Å². The van der Waals surface area contributed by atoms with Crippen molar-refractivity contribution >= 4 is 21.6 Å². The number of halogens is 1. The van der Waals surface area contributed by atoms with Gasteiger partial charge in [0.25, 0.3) is 0 Å². The monoisotopic (exact) mass is 392 g/mol.